The van der Waals surface area contributed by atoms with Crippen molar-refractivity contribution >= 4 is 15.9 Å². The molecule has 100 valence electrons. The van der Waals surface area contributed by atoms with Crippen molar-refractivity contribution in [3.8, 4) is 11.4 Å². The van der Waals surface area contributed by atoms with Crippen LogP contribution in [0.1, 0.15) is 24.7 Å². The summed E-state index contributed by atoms with van der Waals surface area (Å²) in [6.45, 7) is 5.96. The van der Waals surface area contributed by atoms with Crippen LogP contribution in [-0.4, -0.2) is 16.5 Å². The molecule has 0 atom stereocenters. The van der Waals surface area contributed by atoms with E-state index in [2.05, 4.69) is 38.1 Å². The predicted octanol–water partition coefficient (Wildman–Crippen LogP) is 3.71. The molecular weight excluding hydrogens is 302 g/mol. The fraction of sp³-hybridized carbons (Fsp3) is 0.333. The van der Waals surface area contributed by atoms with Gasteiger partial charge in [-0.05, 0) is 38.1 Å². The summed E-state index contributed by atoms with van der Waals surface area (Å²) in [5.41, 5.74) is 3.07. The molecule has 0 bridgehead atoms. The Morgan fingerprint density at radius 2 is 2.05 bits per heavy atom. The largest absolute Gasteiger partial charge is 0.311 e. The Labute approximate surface area is 122 Å². The summed E-state index contributed by atoms with van der Waals surface area (Å²) in [5, 5.41) is 3.37. The average molecular weight is 320 g/mol. The maximum absolute atomic E-state index is 4.62. The van der Waals surface area contributed by atoms with Gasteiger partial charge in [0, 0.05) is 22.3 Å². The zero-order valence-electron chi connectivity index (χ0n) is 11.3. The van der Waals surface area contributed by atoms with Gasteiger partial charge < -0.3 is 5.32 Å². The van der Waals surface area contributed by atoms with Crippen LogP contribution in [0.3, 0.4) is 0 Å². The first kappa shape index (κ1) is 14.2. The molecule has 2 aromatic rings. The van der Waals surface area contributed by atoms with Crippen molar-refractivity contribution in [3.63, 3.8) is 0 Å². The summed E-state index contributed by atoms with van der Waals surface area (Å²) in [7, 11) is 0. The van der Waals surface area contributed by atoms with Gasteiger partial charge in [0.15, 0.2) is 5.82 Å². The second kappa shape index (κ2) is 6.78. The van der Waals surface area contributed by atoms with Crippen LogP contribution >= 0.6 is 15.9 Å². The maximum Gasteiger partial charge on any atom is 0.159 e. The molecule has 0 fully saturated rings. The number of hydrogen-bond acceptors (Lipinski definition) is 3. The monoisotopic (exact) mass is 319 g/mol. The molecule has 0 saturated heterocycles. The Bertz CT molecular complexity index is 555. The Hall–Kier alpha value is -1.26. The highest BCUT2D eigenvalue weighted by molar-refractivity contribution is 9.10. The lowest BCUT2D eigenvalue weighted by atomic mass is 10.2. The highest BCUT2D eigenvalue weighted by Crippen LogP contribution is 2.20. The molecule has 0 saturated carbocycles. The third-order valence-electron chi connectivity index (χ3n) is 2.72. The van der Waals surface area contributed by atoms with E-state index in [1.54, 1.807) is 0 Å². The van der Waals surface area contributed by atoms with Gasteiger partial charge in [-0.2, -0.15) is 0 Å². The number of aryl methyl sites for hydroxylation is 1. The highest BCUT2D eigenvalue weighted by Gasteiger charge is 2.05. The SMILES string of the molecule is CCCNCc1cc(C)nc(-c2cccc(Br)c2)n1. The van der Waals surface area contributed by atoms with Gasteiger partial charge in [0.25, 0.3) is 0 Å². The van der Waals surface area contributed by atoms with E-state index < -0.39 is 0 Å². The molecule has 1 heterocycles. The molecule has 0 spiro atoms. The van der Waals surface area contributed by atoms with E-state index in [4.69, 9.17) is 0 Å². The number of benzene rings is 1. The molecule has 0 radical (unpaired) electrons. The van der Waals surface area contributed by atoms with Gasteiger partial charge in [0.2, 0.25) is 0 Å². The van der Waals surface area contributed by atoms with E-state index in [0.717, 1.165) is 46.8 Å². The van der Waals surface area contributed by atoms with Gasteiger partial charge >= 0.3 is 0 Å². The third kappa shape index (κ3) is 4.11. The first-order valence-electron chi connectivity index (χ1n) is 6.50. The van der Waals surface area contributed by atoms with Crippen molar-refractivity contribution in [2.75, 3.05) is 6.54 Å². The van der Waals surface area contributed by atoms with Crippen LogP contribution in [0.2, 0.25) is 0 Å². The van der Waals surface area contributed by atoms with Gasteiger partial charge in [-0.3, -0.25) is 0 Å². The second-order valence-electron chi connectivity index (χ2n) is 4.51. The summed E-state index contributed by atoms with van der Waals surface area (Å²) >= 11 is 3.48. The van der Waals surface area contributed by atoms with Crippen LogP contribution in [0.4, 0.5) is 0 Å². The number of nitrogens with zero attached hydrogens (tertiary/aromatic N) is 2. The first-order chi connectivity index (χ1) is 9.19. The minimum atomic E-state index is 0.787. The molecule has 2 rings (SSSR count). The number of halogens is 1. The standard InChI is InChI=1S/C15H18BrN3/c1-3-7-17-10-14-8-11(2)18-15(19-14)12-5-4-6-13(16)9-12/h4-6,8-9,17H,3,7,10H2,1-2H3. The minimum Gasteiger partial charge on any atom is -0.311 e. The van der Waals surface area contributed by atoms with Crippen molar-refractivity contribution in [2.24, 2.45) is 0 Å². The van der Waals surface area contributed by atoms with Crippen molar-refractivity contribution in [1.29, 1.82) is 0 Å². The molecule has 0 aliphatic rings. The van der Waals surface area contributed by atoms with Crippen molar-refractivity contribution in [3.05, 3.63) is 46.2 Å². The Kier molecular flexibility index (Phi) is 5.05. The fourth-order valence-electron chi connectivity index (χ4n) is 1.87. The highest BCUT2D eigenvalue weighted by atomic mass is 79.9. The summed E-state index contributed by atoms with van der Waals surface area (Å²) < 4.78 is 1.04. The Morgan fingerprint density at radius 1 is 1.21 bits per heavy atom. The van der Waals surface area contributed by atoms with E-state index in [1.807, 2.05) is 37.3 Å². The van der Waals surface area contributed by atoms with Gasteiger partial charge in [0.1, 0.15) is 0 Å². The van der Waals surface area contributed by atoms with Gasteiger partial charge in [-0.1, -0.05) is 35.0 Å². The molecular formula is C15H18BrN3. The topological polar surface area (TPSA) is 37.8 Å². The van der Waals surface area contributed by atoms with E-state index in [9.17, 15) is 0 Å². The molecule has 19 heavy (non-hydrogen) atoms. The van der Waals surface area contributed by atoms with Crippen LogP contribution in [0.5, 0.6) is 0 Å². The minimum absolute atomic E-state index is 0.787. The van der Waals surface area contributed by atoms with Crippen LogP contribution < -0.4 is 5.32 Å². The van der Waals surface area contributed by atoms with E-state index in [0.29, 0.717) is 0 Å². The van der Waals surface area contributed by atoms with Crippen LogP contribution in [0.25, 0.3) is 11.4 Å². The molecule has 0 unspecified atom stereocenters. The van der Waals surface area contributed by atoms with Crippen molar-refractivity contribution in [1.82, 2.24) is 15.3 Å². The zero-order chi connectivity index (χ0) is 13.7. The van der Waals surface area contributed by atoms with E-state index in [1.165, 1.54) is 0 Å². The first-order valence-corrected chi connectivity index (χ1v) is 7.29. The van der Waals surface area contributed by atoms with Crippen molar-refractivity contribution in [2.45, 2.75) is 26.8 Å². The van der Waals surface area contributed by atoms with Gasteiger partial charge in [-0.25, -0.2) is 9.97 Å². The van der Waals surface area contributed by atoms with Crippen molar-refractivity contribution < 1.29 is 0 Å². The smallest absolute Gasteiger partial charge is 0.159 e. The lowest BCUT2D eigenvalue weighted by molar-refractivity contribution is 0.662. The molecule has 0 amide bonds. The lowest BCUT2D eigenvalue weighted by Gasteiger charge is -2.07. The van der Waals surface area contributed by atoms with E-state index in [-0.39, 0.29) is 0 Å². The summed E-state index contributed by atoms with van der Waals surface area (Å²) in [4.78, 5) is 9.14. The van der Waals surface area contributed by atoms with E-state index >= 15 is 0 Å². The number of nitrogens with one attached hydrogen (secondary N) is 1. The van der Waals surface area contributed by atoms with Crippen LogP contribution in [0.15, 0.2) is 34.8 Å². The molecule has 0 aliphatic carbocycles. The third-order valence-corrected chi connectivity index (χ3v) is 3.22. The summed E-state index contributed by atoms with van der Waals surface area (Å²) in [6, 6.07) is 10.1. The fourth-order valence-corrected chi connectivity index (χ4v) is 2.27. The maximum atomic E-state index is 4.62. The summed E-state index contributed by atoms with van der Waals surface area (Å²) in [5.74, 6) is 0.787. The van der Waals surface area contributed by atoms with Crippen LogP contribution in [-0.2, 0) is 6.54 Å². The molecule has 0 aliphatic heterocycles. The number of aromatic nitrogens is 2. The zero-order valence-corrected chi connectivity index (χ0v) is 12.9. The second-order valence-corrected chi connectivity index (χ2v) is 5.43. The summed E-state index contributed by atoms with van der Waals surface area (Å²) in [6.07, 6.45) is 1.13. The molecule has 1 N–H and O–H groups in total. The van der Waals surface area contributed by atoms with Gasteiger partial charge in [-0.15, -0.1) is 0 Å². The Balaban J connectivity index is 2.26. The Morgan fingerprint density at radius 3 is 2.79 bits per heavy atom. The van der Waals surface area contributed by atoms with Crippen LogP contribution in [0, 0.1) is 6.92 Å². The predicted molar refractivity (Wildman–Crippen MR) is 81.9 cm³/mol. The average Bonchev–Trinajstić information content (AvgIpc) is 2.38. The van der Waals surface area contributed by atoms with Gasteiger partial charge in [0.05, 0.1) is 5.69 Å². The number of hydrogen-bond donors (Lipinski definition) is 1. The lowest BCUT2D eigenvalue weighted by Crippen LogP contribution is -2.15. The molecule has 1 aromatic carbocycles. The number of rotatable bonds is 5. The molecule has 1 aromatic heterocycles. The quantitative estimate of drug-likeness (QED) is 0.854. The molecule has 4 heteroatoms. The normalized spacial score (nSPS) is 10.7. The molecule has 3 nitrogen and oxygen atoms in total.